The molecule has 0 saturated carbocycles. The van der Waals surface area contributed by atoms with Crippen LogP contribution in [-0.2, 0) is 11.3 Å². The van der Waals surface area contributed by atoms with E-state index in [1.165, 1.54) is 6.42 Å². The van der Waals surface area contributed by atoms with Gasteiger partial charge in [0.25, 0.3) is 0 Å². The summed E-state index contributed by atoms with van der Waals surface area (Å²) in [6, 6.07) is 11.5. The van der Waals surface area contributed by atoms with E-state index >= 15 is 0 Å². The molecule has 2 aliphatic heterocycles. The zero-order chi connectivity index (χ0) is 37.7. The van der Waals surface area contributed by atoms with E-state index in [1.807, 2.05) is 66.5 Å². The van der Waals surface area contributed by atoms with Crippen LogP contribution in [0.15, 0.2) is 66.9 Å². The Kier molecular flexibility index (Phi) is 11.5. The van der Waals surface area contributed by atoms with Crippen molar-refractivity contribution in [3.63, 3.8) is 0 Å². The highest BCUT2D eigenvalue weighted by molar-refractivity contribution is 5.97. The SMILES string of the molecule is COC1CCN(CCn2cc(N/C(=C\C(=N)C(C)(C)C)NC(=O)NC3CCC(Oc4ccc5nnc(N6CCCCC6)n5c4)c4ccccc43)cn2)CC1. The molecular weight excluding hydrogens is 683 g/mol. The van der Waals surface area contributed by atoms with Crippen LogP contribution in [-0.4, -0.2) is 87.0 Å². The zero-order valence-electron chi connectivity index (χ0n) is 32.1. The molecule has 7 rings (SSSR count). The molecule has 3 aromatic heterocycles. The fourth-order valence-electron chi connectivity index (χ4n) is 7.52. The number of piperidine rings is 2. The Balaban J connectivity index is 0.999. The summed E-state index contributed by atoms with van der Waals surface area (Å²) >= 11 is 0. The standard InChI is InChI=1S/C40H55N11O3/c1-40(2,3)35(41)24-36(43-28-25-42-50(26-28)23-22-48-20-16-29(53-4)17-21-48)45-38(52)44-33-13-14-34(32-11-7-6-10-31(32)33)54-30-12-15-37-46-47-39(51(37)27-30)49-18-8-5-9-19-49/h6-7,10-12,15,24-27,29,33-34,41,43H,5,8-9,13-14,16-23H2,1-4H3,(H2,44,45,52)/b36-24+,41-35?. The predicted octanol–water partition coefficient (Wildman–Crippen LogP) is 6.30. The molecule has 0 radical (unpaired) electrons. The molecule has 1 aromatic carbocycles. The predicted molar refractivity (Wildman–Crippen MR) is 210 cm³/mol. The molecule has 2 fully saturated rings. The van der Waals surface area contributed by atoms with Gasteiger partial charge in [0.15, 0.2) is 5.65 Å². The number of ether oxygens (including phenoxy) is 2. The summed E-state index contributed by atoms with van der Waals surface area (Å²) in [5.74, 6) is 2.02. The molecule has 2 amide bonds. The minimum absolute atomic E-state index is 0.173. The Morgan fingerprint density at radius 3 is 2.48 bits per heavy atom. The molecule has 2 saturated heterocycles. The number of benzene rings is 1. The Morgan fingerprint density at radius 1 is 0.944 bits per heavy atom. The van der Waals surface area contributed by atoms with Crippen LogP contribution in [0.25, 0.3) is 5.65 Å². The lowest BCUT2D eigenvalue weighted by Gasteiger charge is -2.32. The first-order valence-corrected chi connectivity index (χ1v) is 19.4. The third kappa shape index (κ3) is 9.04. The monoisotopic (exact) mass is 737 g/mol. The van der Waals surface area contributed by atoms with Crippen LogP contribution in [0.3, 0.4) is 0 Å². The van der Waals surface area contributed by atoms with Crippen molar-refractivity contribution < 1.29 is 14.3 Å². The number of urea groups is 1. The molecule has 0 spiro atoms. The number of pyridine rings is 1. The topological polar surface area (TPSA) is 150 Å². The van der Waals surface area contributed by atoms with Crippen molar-refractivity contribution in [2.45, 2.75) is 90.5 Å². The van der Waals surface area contributed by atoms with Gasteiger partial charge in [-0.3, -0.25) is 14.4 Å². The Morgan fingerprint density at radius 2 is 1.72 bits per heavy atom. The number of rotatable bonds is 12. The average molecular weight is 738 g/mol. The average Bonchev–Trinajstić information content (AvgIpc) is 3.81. The van der Waals surface area contributed by atoms with Crippen molar-refractivity contribution in [1.82, 2.24) is 39.9 Å². The molecule has 288 valence electrons. The number of hydrogen-bond donors (Lipinski definition) is 4. The van der Waals surface area contributed by atoms with Crippen LogP contribution in [0, 0.1) is 10.8 Å². The van der Waals surface area contributed by atoms with Crippen LogP contribution in [0.4, 0.5) is 16.4 Å². The first-order chi connectivity index (χ1) is 26.1. The molecule has 4 N–H and O–H groups in total. The normalized spacial score (nSPS) is 20.1. The highest BCUT2D eigenvalue weighted by atomic mass is 16.5. The van der Waals surface area contributed by atoms with Crippen molar-refractivity contribution in [1.29, 1.82) is 5.41 Å². The Bertz CT molecular complexity index is 1930. The molecule has 4 aromatic rings. The van der Waals surface area contributed by atoms with Gasteiger partial charge in [-0.15, -0.1) is 10.2 Å². The number of likely N-dealkylation sites (tertiary alicyclic amines) is 1. The van der Waals surface area contributed by atoms with E-state index in [2.05, 4.69) is 53.2 Å². The number of amides is 2. The number of hydrogen-bond acceptors (Lipinski definition) is 10. The van der Waals surface area contributed by atoms with Gasteiger partial charge in [0.2, 0.25) is 5.95 Å². The lowest BCUT2D eigenvalue weighted by molar-refractivity contribution is 0.0400. The Hall–Kier alpha value is -4.95. The minimum Gasteiger partial charge on any atom is -0.484 e. The molecule has 2 unspecified atom stereocenters. The Labute approximate surface area is 317 Å². The molecule has 14 nitrogen and oxygen atoms in total. The number of allylic oxidation sites excluding steroid dienone is 1. The molecule has 1 aliphatic carbocycles. The van der Waals surface area contributed by atoms with Gasteiger partial charge in [-0.25, -0.2) is 4.79 Å². The highest BCUT2D eigenvalue weighted by Crippen LogP contribution is 2.39. The number of fused-ring (bicyclic) bond motifs is 2. The molecule has 54 heavy (non-hydrogen) atoms. The third-order valence-corrected chi connectivity index (χ3v) is 10.8. The summed E-state index contributed by atoms with van der Waals surface area (Å²) in [5.41, 5.74) is 3.58. The van der Waals surface area contributed by atoms with Gasteiger partial charge in [-0.1, -0.05) is 45.0 Å². The van der Waals surface area contributed by atoms with Gasteiger partial charge in [-0.2, -0.15) is 5.10 Å². The molecule has 2 atom stereocenters. The zero-order valence-corrected chi connectivity index (χ0v) is 32.1. The lowest BCUT2D eigenvalue weighted by atomic mass is 9.85. The third-order valence-electron chi connectivity index (χ3n) is 10.8. The first kappa shape index (κ1) is 37.4. The number of nitrogens with one attached hydrogen (secondary N) is 4. The van der Waals surface area contributed by atoms with Crippen LogP contribution in [0.1, 0.15) is 89.0 Å². The summed E-state index contributed by atoms with van der Waals surface area (Å²) in [6.45, 7) is 11.6. The summed E-state index contributed by atoms with van der Waals surface area (Å²) in [5, 5.41) is 31.7. The molecule has 3 aliphatic rings. The maximum absolute atomic E-state index is 13.7. The largest absolute Gasteiger partial charge is 0.484 e. The molecule has 0 bridgehead atoms. The van der Waals surface area contributed by atoms with Crippen molar-refractivity contribution in [2.24, 2.45) is 5.41 Å². The fraction of sp³-hybridized carbons (Fsp3) is 0.525. The smallest absolute Gasteiger partial charge is 0.320 e. The van der Waals surface area contributed by atoms with Crippen LogP contribution < -0.4 is 25.6 Å². The fourth-order valence-corrected chi connectivity index (χ4v) is 7.52. The van der Waals surface area contributed by atoms with Crippen molar-refractivity contribution in [2.75, 3.05) is 50.1 Å². The van der Waals surface area contributed by atoms with E-state index in [0.29, 0.717) is 24.1 Å². The van der Waals surface area contributed by atoms with E-state index in [4.69, 9.17) is 14.9 Å². The number of nitrogens with zero attached hydrogens (tertiary/aromatic N) is 7. The first-order valence-electron chi connectivity index (χ1n) is 19.4. The second-order valence-electron chi connectivity index (χ2n) is 15.7. The van der Waals surface area contributed by atoms with Gasteiger partial charge in [-0.05, 0) is 68.2 Å². The summed E-state index contributed by atoms with van der Waals surface area (Å²) < 4.78 is 16.1. The maximum atomic E-state index is 13.7. The number of carbonyl (C=O) groups is 1. The summed E-state index contributed by atoms with van der Waals surface area (Å²) in [6.07, 6.45) is 14.6. The number of anilines is 2. The van der Waals surface area contributed by atoms with Gasteiger partial charge in [0, 0.05) is 63.2 Å². The van der Waals surface area contributed by atoms with Crippen LogP contribution >= 0.6 is 0 Å². The number of aromatic nitrogens is 5. The molecular formula is C40H55N11O3. The molecule has 14 heteroatoms. The molecule has 5 heterocycles. The van der Waals surface area contributed by atoms with E-state index in [9.17, 15) is 4.79 Å². The number of methoxy groups -OCH3 is 1. The van der Waals surface area contributed by atoms with E-state index in [-0.39, 0.29) is 18.2 Å². The summed E-state index contributed by atoms with van der Waals surface area (Å²) in [7, 11) is 1.79. The quantitative estimate of drug-likeness (QED) is 0.123. The van der Waals surface area contributed by atoms with Gasteiger partial charge < -0.3 is 35.3 Å². The van der Waals surface area contributed by atoms with E-state index in [0.717, 1.165) is 106 Å². The van der Waals surface area contributed by atoms with Gasteiger partial charge in [0.1, 0.15) is 17.7 Å². The second-order valence-corrected chi connectivity index (χ2v) is 15.7. The number of carbonyl (C=O) groups excluding carboxylic acids is 1. The van der Waals surface area contributed by atoms with Crippen molar-refractivity contribution in [3.05, 3.63) is 78.0 Å². The van der Waals surface area contributed by atoms with Gasteiger partial charge >= 0.3 is 6.03 Å². The van der Waals surface area contributed by atoms with Gasteiger partial charge in [0.05, 0.1) is 36.8 Å². The minimum atomic E-state index is -0.406. The summed E-state index contributed by atoms with van der Waals surface area (Å²) in [4.78, 5) is 18.4. The van der Waals surface area contributed by atoms with Crippen LogP contribution in [0.5, 0.6) is 5.75 Å². The lowest BCUT2D eigenvalue weighted by Crippen LogP contribution is -2.41. The van der Waals surface area contributed by atoms with Crippen LogP contribution in [0.2, 0.25) is 0 Å². The van der Waals surface area contributed by atoms with E-state index < -0.39 is 5.41 Å². The van der Waals surface area contributed by atoms with Crippen molar-refractivity contribution in [3.8, 4) is 5.75 Å². The van der Waals surface area contributed by atoms with E-state index in [1.54, 1.807) is 19.4 Å². The van der Waals surface area contributed by atoms with Crippen molar-refractivity contribution >= 4 is 29.0 Å². The maximum Gasteiger partial charge on any atom is 0.320 e. The second kappa shape index (κ2) is 16.6. The highest BCUT2D eigenvalue weighted by Gasteiger charge is 2.30.